The highest BCUT2D eigenvalue weighted by molar-refractivity contribution is 5.98. The Kier molecular flexibility index (Phi) is 6.35. The lowest BCUT2D eigenvalue weighted by Gasteiger charge is -2.30. The summed E-state index contributed by atoms with van der Waals surface area (Å²) in [5.41, 5.74) is -0.508. The van der Waals surface area contributed by atoms with Crippen LogP contribution in [0.2, 0.25) is 0 Å². The van der Waals surface area contributed by atoms with Gasteiger partial charge in [-0.3, -0.25) is 0 Å². The van der Waals surface area contributed by atoms with E-state index in [1.807, 2.05) is 0 Å². The maximum atomic E-state index is 14.0. The molecule has 2 unspecified atom stereocenters. The lowest BCUT2D eigenvalue weighted by molar-refractivity contribution is -0.148. The highest BCUT2D eigenvalue weighted by Crippen LogP contribution is 2.46. The van der Waals surface area contributed by atoms with Crippen LogP contribution >= 0.6 is 0 Å². The molecule has 1 N–H and O–H groups in total. The predicted molar refractivity (Wildman–Crippen MR) is 98.6 cm³/mol. The zero-order valence-corrected chi connectivity index (χ0v) is 16.3. The smallest absolute Gasteiger partial charge is 0.401 e. The van der Waals surface area contributed by atoms with Crippen LogP contribution in [0.4, 0.5) is 26.3 Å². The van der Waals surface area contributed by atoms with E-state index in [-0.39, 0.29) is 22.3 Å². The first kappa shape index (κ1) is 22.8. The van der Waals surface area contributed by atoms with Crippen molar-refractivity contribution in [3.63, 3.8) is 0 Å². The molecular formula is C21H21F6NO. The van der Waals surface area contributed by atoms with E-state index in [9.17, 15) is 31.5 Å². The Labute approximate surface area is 164 Å². The number of aryl methyl sites for hydroxylation is 4. The maximum Gasteiger partial charge on any atom is 0.401 e. The molecule has 2 atom stereocenters. The molecule has 2 aromatic carbocycles. The lowest BCUT2D eigenvalue weighted by Crippen LogP contribution is -2.39. The van der Waals surface area contributed by atoms with E-state index in [0.29, 0.717) is 11.1 Å². The number of nitrogens with zero attached hydrogens (tertiary/aromatic N) is 1. The summed E-state index contributed by atoms with van der Waals surface area (Å²) >= 11 is 0. The maximum absolute atomic E-state index is 14.0. The van der Waals surface area contributed by atoms with Gasteiger partial charge >= 0.3 is 12.4 Å². The fourth-order valence-corrected chi connectivity index (χ4v) is 3.59. The molecule has 0 amide bonds. The van der Waals surface area contributed by atoms with Gasteiger partial charge in [0.15, 0.2) is 0 Å². The second-order valence-electron chi connectivity index (χ2n) is 7.19. The molecule has 0 aliphatic carbocycles. The first-order valence-electron chi connectivity index (χ1n) is 8.77. The Bertz CT molecular complexity index is 843. The van der Waals surface area contributed by atoms with Gasteiger partial charge in [-0.1, -0.05) is 52.7 Å². The second kappa shape index (κ2) is 8.08. The number of alkyl halides is 6. The highest BCUT2D eigenvalue weighted by atomic mass is 19.4. The fourth-order valence-electron chi connectivity index (χ4n) is 3.59. The van der Waals surface area contributed by atoms with Gasteiger partial charge in [-0.2, -0.15) is 26.3 Å². The SMILES string of the molecule is Cc1ccc(C(C(=NO)C(c2ccc(C)cc2C)C(F)(F)F)C(F)(F)F)c(C)c1. The number of halogens is 6. The molecule has 2 nitrogen and oxygen atoms in total. The summed E-state index contributed by atoms with van der Waals surface area (Å²) in [5.74, 6) is -5.42. The van der Waals surface area contributed by atoms with Gasteiger partial charge in [0.1, 0.15) is 11.8 Å². The third kappa shape index (κ3) is 4.92. The zero-order chi connectivity index (χ0) is 22.1. The van der Waals surface area contributed by atoms with Crippen LogP contribution in [-0.4, -0.2) is 23.3 Å². The van der Waals surface area contributed by atoms with Crippen molar-refractivity contribution in [2.24, 2.45) is 5.16 Å². The summed E-state index contributed by atoms with van der Waals surface area (Å²) in [6, 6.07) is 7.92. The van der Waals surface area contributed by atoms with Crippen LogP contribution in [0.3, 0.4) is 0 Å². The molecule has 0 heterocycles. The number of rotatable bonds is 4. The Morgan fingerprint density at radius 1 is 0.724 bits per heavy atom. The van der Waals surface area contributed by atoms with Gasteiger partial charge in [0.2, 0.25) is 0 Å². The molecule has 0 radical (unpaired) electrons. The molecule has 2 aromatic rings. The summed E-state index contributed by atoms with van der Waals surface area (Å²) < 4.78 is 84.0. The largest absolute Gasteiger partial charge is 0.411 e. The molecule has 8 heteroatoms. The number of hydrogen-bond donors (Lipinski definition) is 1. The van der Waals surface area contributed by atoms with Crippen LogP contribution in [0.1, 0.15) is 45.2 Å². The molecule has 0 spiro atoms. The van der Waals surface area contributed by atoms with Crippen LogP contribution in [0.15, 0.2) is 41.6 Å². The predicted octanol–water partition coefficient (Wildman–Crippen LogP) is 6.74. The molecule has 0 bridgehead atoms. The number of benzene rings is 2. The molecule has 0 saturated heterocycles. The Hall–Kier alpha value is -2.51. The number of hydrogen-bond acceptors (Lipinski definition) is 2. The summed E-state index contributed by atoms with van der Waals surface area (Å²) in [6.07, 6.45) is -10.2. The van der Waals surface area contributed by atoms with Crippen LogP contribution < -0.4 is 0 Å². The lowest BCUT2D eigenvalue weighted by atomic mass is 9.79. The van der Waals surface area contributed by atoms with Crippen molar-refractivity contribution in [3.05, 3.63) is 69.8 Å². The molecule has 0 fully saturated rings. The summed E-state index contributed by atoms with van der Waals surface area (Å²) in [7, 11) is 0. The van der Waals surface area contributed by atoms with Crippen LogP contribution in [0.5, 0.6) is 0 Å². The molecule has 0 saturated carbocycles. The van der Waals surface area contributed by atoms with Crippen molar-refractivity contribution in [1.29, 1.82) is 0 Å². The van der Waals surface area contributed by atoms with E-state index in [2.05, 4.69) is 5.16 Å². The van der Waals surface area contributed by atoms with Gasteiger partial charge in [0.05, 0.1) is 5.71 Å². The monoisotopic (exact) mass is 417 g/mol. The van der Waals surface area contributed by atoms with Gasteiger partial charge in [-0.15, -0.1) is 0 Å². The van der Waals surface area contributed by atoms with E-state index >= 15 is 0 Å². The molecule has 0 aliphatic rings. The van der Waals surface area contributed by atoms with Crippen molar-refractivity contribution in [2.45, 2.75) is 51.9 Å². The Morgan fingerprint density at radius 3 is 1.31 bits per heavy atom. The average molecular weight is 417 g/mol. The van der Waals surface area contributed by atoms with Crippen molar-refractivity contribution >= 4 is 5.71 Å². The molecule has 2 rings (SSSR count). The van der Waals surface area contributed by atoms with E-state index in [4.69, 9.17) is 0 Å². The summed E-state index contributed by atoms with van der Waals surface area (Å²) in [6.45, 7) is 6.09. The van der Waals surface area contributed by atoms with Crippen LogP contribution in [-0.2, 0) is 0 Å². The Balaban J connectivity index is 2.77. The van der Waals surface area contributed by atoms with Gasteiger partial charge in [0, 0.05) is 0 Å². The fraction of sp³-hybridized carbons (Fsp3) is 0.381. The molecule has 29 heavy (non-hydrogen) atoms. The van der Waals surface area contributed by atoms with Crippen LogP contribution in [0.25, 0.3) is 0 Å². The van der Waals surface area contributed by atoms with Gasteiger partial charge in [0.25, 0.3) is 0 Å². The van der Waals surface area contributed by atoms with Gasteiger partial charge in [-0.25, -0.2) is 0 Å². The van der Waals surface area contributed by atoms with Gasteiger partial charge in [-0.05, 0) is 49.9 Å². The average Bonchev–Trinajstić information content (AvgIpc) is 2.55. The second-order valence-corrected chi connectivity index (χ2v) is 7.19. The van der Waals surface area contributed by atoms with Crippen molar-refractivity contribution in [3.8, 4) is 0 Å². The van der Waals surface area contributed by atoms with Gasteiger partial charge < -0.3 is 5.21 Å². The standard InChI is InChI=1S/C21H21F6NO/c1-11-5-7-15(13(3)9-11)17(20(22,23)24)19(28-29)18(21(25,26)27)16-8-6-12(2)10-14(16)4/h5-10,17-18,29H,1-4H3. The van der Waals surface area contributed by atoms with Crippen LogP contribution in [0, 0.1) is 27.7 Å². The highest BCUT2D eigenvalue weighted by Gasteiger charge is 2.54. The summed E-state index contributed by atoms with van der Waals surface area (Å²) in [4.78, 5) is 0. The summed E-state index contributed by atoms with van der Waals surface area (Å²) in [5, 5.41) is 12.0. The van der Waals surface area contributed by atoms with Crippen molar-refractivity contribution in [2.75, 3.05) is 0 Å². The van der Waals surface area contributed by atoms with E-state index < -0.39 is 29.9 Å². The first-order valence-corrected chi connectivity index (χ1v) is 8.77. The normalized spacial score (nSPS) is 14.4. The Morgan fingerprint density at radius 2 is 1.07 bits per heavy atom. The van der Waals surface area contributed by atoms with Crippen molar-refractivity contribution < 1.29 is 31.5 Å². The first-order chi connectivity index (χ1) is 13.3. The van der Waals surface area contributed by atoms with E-state index in [1.54, 1.807) is 13.8 Å². The number of oxime groups is 1. The minimum Gasteiger partial charge on any atom is -0.411 e. The molecule has 0 aromatic heterocycles. The third-order valence-corrected chi connectivity index (χ3v) is 4.83. The minimum absolute atomic E-state index is 0.162. The van der Waals surface area contributed by atoms with Crippen molar-refractivity contribution in [1.82, 2.24) is 0 Å². The molecule has 0 aliphatic heterocycles. The van der Waals surface area contributed by atoms with E-state index in [1.165, 1.54) is 38.1 Å². The topological polar surface area (TPSA) is 32.6 Å². The molecular weight excluding hydrogens is 396 g/mol. The zero-order valence-electron chi connectivity index (χ0n) is 16.3. The molecule has 158 valence electrons. The third-order valence-electron chi connectivity index (χ3n) is 4.83. The quantitative estimate of drug-likeness (QED) is 0.254. The van der Waals surface area contributed by atoms with E-state index in [0.717, 1.165) is 12.1 Å². The minimum atomic E-state index is -5.09.